The lowest BCUT2D eigenvalue weighted by Crippen LogP contribution is -2.53. The van der Waals surface area contributed by atoms with Crippen molar-refractivity contribution in [1.29, 1.82) is 0 Å². The lowest BCUT2D eigenvalue weighted by atomic mass is 10.0. The Morgan fingerprint density at radius 1 is 1.18 bits per heavy atom. The summed E-state index contributed by atoms with van der Waals surface area (Å²) in [4.78, 5) is 31.0. The summed E-state index contributed by atoms with van der Waals surface area (Å²) in [6.07, 6.45) is 4.63. The number of ether oxygens (including phenoxy) is 1. The molecule has 0 saturated carbocycles. The molecule has 1 fully saturated rings. The number of aromatic nitrogens is 1. The van der Waals surface area contributed by atoms with E-state index in [1.54, 1.807) is 67.5 Å². The highest BCUT2D eigenvalue weighted by atomic mass is 35.5. The molecule has 1 aromatic heterocycles. The van der Waals surface area contributed by atoms with Gasteiger partial charge < -0.3 is 15.0 Å². The first-order valence-electron chi connectivity index (χ1n) is 9.30. The zero-order valence-corrected chi connectivity index (χ0v) is 16.8. The van der Waals surface area contributed by atoms with Crippen molar-refractivity contribution in [1.82, 2.24) is 15.2 Å². The number of carbonyl (C=O) groups is 2. The number of halogens is 1. The molecule has 0 unspecified atom stereocenters. The maximum atomic E-state index is 12.7. The lowest BCUT2D eigenvalue weighted by Gasteiger charge is -2.34. The number of amides is 2. The third-order valence-corrected chi connectivity index (χ3v) is 5.01. The van der Waals surface area contributed by atoms with Crippen LogP contribution in [0.3, 0.4) is 0 Å². The summed E-state index contributed by atoms with van der Waals surface area (Å²) < 4.78 is 5.84. The molecule has 0 spiro atoms. The Morgan fingerprint density at radius 3 is 2.46 bits per heavy atom. The van der Waals surface area contributed by atoms with E-state index in [1.165, 1.54) is 0 Å². The second kappa shape index (κ2) is 8.61. The molecule has 2 amide bonds. The molecule has 0 radical (unpaired) electrons. The molecular formula is C21H24ClN3O3. The first-order valence-corrected chi connectivity index (χ1v) is 9.68. The second-order valence-corrected chi connectivity index (χ2v) is 7.78. The standard InChI is InChI=1S/C21H24ClN3O3/c1-21(2,28-18-7-5-16(22)6-8-18)20(27)24-17-9-12-25(13-10-17)19(26)15-4-3-11-23-14-15/h3-8,11,14,17H,9-10,12-13H2,1-2H3,(H,24,27). The summed E-state index contributed by atoms with van der Waals surface area (Å²) in [5, 5.41) is 3.66. The van der Waals surface area contributed by atoms with Gasteiger partial charge in [-0.2, -0.15) is 0 Å². The summed E-state index contributed by atoms with van der Waals surface area (Å²) in [6, 6.07) is 10.4. The van der Waals surface area contributed by atoms with Crippen molar-refractivity contribution < 1.29 is 14.3 Å². The highest BCUT2D eigenvalue weighted by molar-refractivity contribution is 6.30. The fraction of sp³-hybridized carbons (Fsp3) is 0.381. The van der Waals surface area contributed by atoms with Crippen molar-refractivity contribution in [3.05, 3.63) is 59.4 Å². The Hall–Kier alpha value is -2.60. The van der Waals surface area contributed by atoms with E-state index >= 15 is 0 Å². The van der Waals surface area contributed by atoms with Crippen molar-refractivity contribution in [2.45, 2.75) is 38.3 Å². The van der Waals surface area contributed by atoms with Gasteiger partial charge in [-0.1, -0.05) is 11.6 Å². The minimum Gasteiger partial charge on any atom is -0.478 e. The monoisotopic (exact) mass is 401 g/mol. The van der Waals surface area contributed by atoms with Crippen molar-refractivity contribution >= 4 is 23.4 Å². The maximum absolute atomic E-state index is 12.7. The summed E-state index contributed by atoms with van der Waals surface area (Å²) in [7, 11) is 0. The van der Waals surface area contributed by atoms with Gasteiger partial charge in [0.05, 0.1) is 5.56 Å². The van der Waals surface area contributed by atoms with E-state index in [-0.39, 0.29) is 17.9 Å². The Kier molecular flexibility index (Phi) is 6.19. The van der Waals surface area contributed by atoms with Gasteiger partial charge in [0.1, 0.15) is 5.75 Å². The molecule has 0 atom stereocenters. The molecule has 0 aliphatic carbocycles. The molecule has 2 heterocycles. The van der Waals surface area contributed by atoms with Crippen LogP contribution in [0.25, 0.3) is 0 Å². The molecule has 148 valence electrons. The van der Waals surface area contributed by atoms with Crippen LogP contribution < -0.4 is 10.1 Å². The SMILES string of the molecule is CC(C)(Oc1ccc(Cl)cc1)C(=O)NC1CCN(C(=O)c2cccnc2)CC1. The van der Waals surface area contributed by atoms with Gasteiger partial charge in [0.2, 0.25) is 0 Å². The molecule has 2 aromatic rings. The van der Waals surface area contributed by atoms with Crippen molar-refractivity contribution in [3.63, 3.8) is 0 Å². The van der Waals surface area contributed by atoms with E-state index in [0.717, 1.165) is 0 Å². The third kappa shape index (κ3) is 5.01. The molecule has 1 aliphatic rings. The van der Waals surface area contributed by atoms with E-state index in [0.29, 0.717) is 42.3 Å². The fourth-order valence-electron chi connectivity index (χ4n) is 3.10. The van der Waals surface area contributed by atoms with E-state index < -0.39 is 5.60 Å². The maximum Gasteiger partial charge on any atom is 0.263 e. The van der Waals surface area contributed by atoms with Crippen LogP contribution in [0, 0.1) is 0 Å². The number of benzene rings is 1. The number of pyridine rings is 1. The molecule has 6 nitrogen and oxygen atoms in total. The van der Waals surface area contributed by atoms with Crippen molar-refractivity contribution in [3.8, 4) is 5.75 Å². The average molecular weight is 402 g/mol. The second-order valence-electron chi connectivity index (χ2n) is 7.35. The zero-order valence-electron chi connectivity index (χ0n) is 16.0. The Balaban J connectivity index is 1.51. The van der Waals surface area contributed by atoms with Crippen LogP contribution in [0.2, 0.25) is 5.02 Å². The fourth-order valence-corrected chi connectivity index (χ4v) is 3.23. The molecule has 0 bridgehead atoms. The Morgan fingerprint density at radius 2 is 1.86 bits per heavy atom. The normalized spacial score (nSPS) is 15.2. The first-order chi connectivity index (χ1) is 13.3. The van der Waals surface area contributed by atoms with Crippen LogP contribution in [-0.2, 0) is 4.79 Å². The van der Waals surface area contributed by atoms with E-state index in [1.807, 2.05) is 0 Å². The van der Waals surface area contributed by atoms with Crippen LogP contribution in [0.4, 0.5) is 0 Å². The van der Waals surface area contributed by atoms with Crippen LogP contribution in [0.5, 0.6) is 5.75 Å². The largest absolute Gasteiger partial charge is 0.478 e. The van der Waals surface area contributed by atoms with Gasteiger partial charge in [-0.05, 0) is 63.1 Å². The van der Waals surface area contributed by atoms with Gasteiger partial charge in [0.15, 0.2) is 5.60 Å². The van der Waals surface area contributed by atoms with Crippen LogP contribution >= 0.6 is 11.6 Å². The van der Waals surface area contributed by atoms with Crippen LogP contribution in [0.1, 0.15) is 37.0 Å². The van der Waals surface area contributed by atoms with Gasteiger partial charge in [0.25, 0.3) is 11.8 Å². The molecular weight excluding hydrogens is 378 g/mol. The molecule has 1 saturated heterocycles. The molecule has 1 aromatic carbocycles. The zero-order chi connectivity index (χ0) is 20.1. The quantitative estimate of drug-likeness (QED) is 0.834. The van der Waals surface area contributed by atoms with Gasteiger partial charge in [-0.15, -0.1) is 0 Å². The van der Waals surface area contributed by atoms with Gasteiger partial charge in [0, 0.05) is 36.5 Å². The summed E-state index contributed by atoms with van der Waals surface area (Å²) in [6.45, 7) is 4.66. The predicted octanol–water partition coefficient (Wildman–Crippen LogP) is 3.31. The van der Waals surface area contributed by atoms with E-state index in [2.05, 4.69) is 10.3 Å². The number of rotatable bonds is 5. The average Bonchev–Trinajstić information content (AvgIpc) is 2.70. The van der Waals surface area contributed by atoms with E-state index in [4.69, 9.17) is 16.3 Å². The summed E-state index contributed by atoms with van der Waals surface area (Å²) in [5.41, 5.74) is -0.432. The number of hydrogen-bond donors (Lipinski definition) is 1. The summed E-state index contributed by atoms with van der Waals surface area (Å²) in [5.74, 6) is 0.380. The number of nitrogens with one attached hydrogen (secondary N) is 1. The smallest absolute Gasteiger partial charge is 0.263 e. The van der Waals surface area contributed by atoms with Gasteiger partial charge in [-0.25, -0.2) is 0 Å². The van der Waals surface area contributed by atoms with Crippen LogP contribution in [-0.4, -0.2) is 46.4 Å². The molecule has 3 rings (SSSR count). The number of nitrogens with zero attached hydrogens (tertiary/aromatic N) is 2. The highest BCUT2D eigenvalue weighted by Crippen LogP contribution is 2.22. The highest BCUT2D eigenvalue weighted by Gasteiger charge is 2.33. The predicted molar refractivity (Wildman–Crippen MR) is 107 cm³/mol. The summed E-state index contributed by atoms with van der Waals surface area (Å²) >= 11 is 5.88. The number of piperidine rings is 1. The van der Waals surface area contributed by atoms with Crippen LogP contribution in [0.15, 0.2) is 48.8 Å². The number of likely N-dealkylation sites (tertiary alicyclic amines) is 1. The molecule has 28 heavy (non-hydrogen) atoms. The Bertz CT molecular complexity index is 817. The van der Waals surface area contributed by atoms with Crippen molar-refractivity contribution in [2.75, 3.05) is 13.1 Å². The van der Waals surface area contributed by atoms with Crippen molar-refractivity contribution in [2.24, 2.45) is 0 Å². The first kappa shape index (κ1) is 20.1. The van der Waals surface area contributed by atoms with Gasteiger partial charge in [-0.3, -0.25) is 14.6 Å². The minimum atomic E-state index is -1.02. The molecule has 1 aliphatic heterocycles. The number of carbonyl (C=O) groups excluding carboxylic acids is 2. The number of hydrogen-bond acceptors (Lipinski definition) is 4. The third-order valence-electron chi connectivity index (χ3n) is 4.76. The molecule has 1 N–H and O–H groups in total. The Labute approximate surface area is 169 Å². The minimum absolute atomic E-state index is 0.0125. The lowest BCUT2D eigenvalue weighted by molar-refractivity contribution is -0.135. The van der Waals surface area contributed by atoms with Gasteiger partial charge >= 0.3 is 0 Å². The topological polar surface area (TPSA) is 71.5 Å². The molecule has 7 heteroatoms. The van der Waals surface area contributed by atoms with E-state index in [9.17, 15) is 9.59 Å².